The highest BCUT2D eigenvalue weighted by molar-refractivity contribution is 5.89. The fourth-order valence-corrected chi connectivity index (χ4v) is 1.57. The quantitative estimate of drug-likeness (QED) is 0.780. The van der Waals surface area contributed by atoms with Crippen LogP contribution in [0.25, 0.3) is 0 Å². The van der Waals surface area contributed by atoms with Gasteiger partial charge in [-0.1, -0.05) is 0 Å². The Hall–Kier alpha value is -2.04. The lowest BCUT2D eigenvalue weighted by molar-refractivity contribution is -0.137. The van der Waals surface area contributed by atoms with Crippen LogP contribution in [0.1, 0.15) is 23.2 Å². The van der Waals surface area contributed by atoms with Gasteiger partial charge in [-0.2, -0.15) is 0 Å². The van der Waals surface area contributed by atoms with Crippen molar-refractivity contribution in [1.29, 1.82) is 0 Å². The molecule has 0 saturated carbocycles. The number of carboxylic acid groups (broad SMARTS) is 1. The molecule has 98 valence electrons. The van der Waals surface area contributed by atoms with Gasteiger partial charge in [0.25, 0.3) is 0 Å². The molecule has 0 unspecified atom stereocenters. The highest BCUT2D eigenvalue weighted by Crippen LogP contribution is 2.14. The van der Waals surface area contributed by atoms with Crippen LogP contribution in [-0.4, -0.2) is 37.7 Å². The molecule has 0 saturated heterocycles. The Morgan fingerprint density at radius 3 is 2.39 bits per heavy atom. The first-order chi connectivity index (χ1) is 8.54. The molecule has 0 bridgehead atoms. The van der Waals surface area contributed by atoms with E-state index in [-0.39, 0.29) is 12.4 Å². The van der Waals surface area contributed by atoms with Crippen LogP contribution in [0.5, 0.6) is 0 Å². The summed E-state index contributed by atoms with van der Waals surface area (Å²) in [5.41, 5.74) is 1.44. The van der Waals surface area contributed by atoms with E-state index in [2.05, 4.69) is 4.74 Å². The Kier molecular flexibility index (Phi) is 5.17. The summed E-state index contributed by atoms with van der Waals surface area (Å²) in [6.07, 6.45) is 0.745. The fraction of sp³-hybridized carbons (Fsp3) is 0.385. The van der Waals surface area contributed by atoms with E-state index in [1.54, 1.807) is 12.1 Å². The van der Waals surface area contributed by atoms with E-state index >= 15 is 0 Å². The van der Waals surface area contributed by atoms with Crippen LogP contribution in [0.2, 0.25) is 0 Å². The van der Waals surface area contributed by atoms with Crippen molar-refractivity contribution in [3.05, 3.63) is 29.8 Å². The van der Waals surface area contributed by atoms with Crippen molar-refractivity contribution in [3.63, 3.8) is 0 Å². The van der Waals surface area contributed by atoms with E-state index in [0.717, 1.165) is 5.69 Å². The molecular weight excluding hydrogens is 234 g/mol. The summed E-state index contributed by atoms with van der Waals surface area (Å²) in [6.45, 7) is 0.657. The Labute approximate surface area is 106 Å². The van der Waals surface area contributed by atoms with Gasteiger partial charge >= 0.3 is 11.9 Å². The van der Waals surface area contributed by atoms with Crippen molar-refractivity contribution >= 4 is 17.6 Å². The first kappa shape index (κ1) is 14.0. The Morgan fingerprint density at radius 2 is 1.89 bits per heavy atom. The van der Waals surface area contributed by atoms with Crippen molar-refractivity contribution in [1.82, 2.24) is 0 Å². The molecule has 0 atom stereocenters. The van der Waals surface area contributed by atoms with Gasteiger partial charge in [0, 0.05) is 25.7 Å². The van der Waals surface area contributed by atoms with Crippen LogP contribution in [-0.2, 0) is 9.53 Å². The summed E-state index contributed by atoms with van der Waals surface area (Å²) >= 11 is 0. The second-order valence-corrected chi connectivity index (χ2v) is 3.96. The fourth-order valence-electron chi connectivity index (χ4n) is 1.57. The number of esters is 1. The van der Waals surface area contributed by atoms with E-state index in [4.69, 9.17) is 5.11 Å². The molecule has 1 aromatic rings. The molecule has 5 nitrogen and oxygen atoms in total. The molecule has 5 heteroatoms. The predicted molar refractivity (Wildman–Crippen MR) is 67.9 cm³/mol. The molecule has 0 fully saturated rings. The number of carboxylic acids is 1. The number of ether oxygens (including phenoxy) is 1. The molecule has 18 heavy (non-hydrogen) atoms. The lowest BCUT2D eigenvalue weighted by Crippen LogP contribution is -2.19. The molecule has 1 N–H and O–H groups in total. The van der Waals surface area contributed by atoms with Gasteiger partial charge in [0.2, 0.25) is 0 Å². The standard InChI is InChI=1S/C13H17NO4/c1-14(9-3-4-12(15)16)11-7-5-10(6-8-11)13(17)18-2/h5-8H,3-4,9H2,1-2H3,(H,15,16). The minimum Gasteiger partial charge on any atom is -0.481 e. The molecule has 0 aliphatic rings. The first-order valence-electron chi connectivity index (χ1n) is 5.66. The minimum atomic E-state index is -0.788. The molecule has 1 rings (SSSR count). The van der Waals surface area contributed by atoms with E-state index in [1.165, 1.54) is 7.11 Å². The maximum atomic E-state index is 11.2. The number of carbonyl (C=O) groups excluding carboxylic acids is 1. The number of anilines is 1. The summed E-state index contributed by atoms with van der Waals surface area (Å²) in [6, 6.07) is 7.00. The van der Waals surface area contributed by atoms with Gasteiger partial charge in [-0.15, -0.1) is 0 Å². The van der Waals surface area contributed by atoms with Gasteiger partial charge in [0.05, 0.1) is 12.7 Å². The van der Waals surface area contributed by atoms with Crippen LogP contribution in [0.4, 0.5) is 5.69 Å². The zero-order valence-corrected chi connectivity index (χ0v) is 10.5. The number of hydrogen-bond donors (Lipinski definition) is 1. The number of aliphatic carboxylic acids is 1. The van der Waals surface area contributed by atoms with Crippen molar-refractivity contribution < 1.29 is 19.4 Å². The maximum absolute atomic E-state index is 11.2. The Morgan fingerprint density at radius 1 is 1.28 bits per heavy atom. The molecule has 1 aromatic carbocycles. The van der Waals surface area contributed by atoms with E-state index in [0.29, 0.717) is 18.5 Å². The van der Waals surface area contributed by atoms with E-state index < -0.39 is 5.97 Å². The van der Waals surface area contributed by atoms with Crippen LogP contribution < -0.4 is 4.90 Å². The van der Waals surface area contributed by atoms with Crippen molar-refractivity contribution in [2.24, 2.45) is 0 Å². The SMILES string of the molecule is COC(=O)c1ccc(N(C)CCCC(=O)O)cc1. The third-order valence-corrected chi connectivity index (χ3v) is 2.61. The minimum absolute atomic E-state index is 0.157. The molecule has 0 spiro atoms. The summed E-state index contributed by atoms with van der Waals surface area (Å²) in [4.78, 5) is 23.6. The molecule has 0 aromatic heterocycles. The summed E-state index contributed by atoms with van der Waals surface area (Å²) in [5, 5.41) is 8.55. The number of carbonyl (C=O) groups is 2. The zero-order valence-electron chi connectivity index (χ0n) is 10.5. The average molecular weight is 251 g/mol. The van der Waals surface area contributed by atoms with Crippen molar-refractivity contribution in [2.75, 3.05) is 25.6 Å². The zero-order chi connectivity index (χ0) is 13.5. The summed E-state index contributed by atoms with van der Waals surface area (Å²) in [5.74, 6) is -1.15. The highest BCUT2D eigenvalue weighted by Gasteiger charge is 2.06. The summed E-state index contributed by atoms with van der Waals surface area (Å²) < 4.78 is 4.61. The second kappa shape index (κ2) is 6.64. The monoisotopic (exact) mass is 251 g/mol. The van der Waals surface area contributed by atoms with Gasteiger partial charge in [-0.25, -0.2) is 4.79 Å². The van der Waals surface area contributed by atoms with Crippen LogP contribution in [0.3, 0.4) is 0 Å². The van der Waals surface area contributed by atoms with Gasteiger partial charge in [-0.05, 0) is 30.7 Å². The molecule has 0 radical (unpaired) electrons. The third-order valence-electron chi connectivity index (χ3n) is 2.61. The average Bonchev–Trinajstić information content (AvgIpc) is 2.37. The highest BCUT2D eigenvalue weighted by atomic mass is 16.5. The van der Waals surface area contributed by atoms with Crippen LogP contribution in [0.15, 0.2) is 24.3 Å². The third kappa shape index (κ3) is 4.08. The molecule has 0 aliphatic heterocycles. The van der Waals surface area contributed by atoms with Crippen LogP contribution in [0, 0.1) is 0 Å². The predicted octanol–water partition coefficient (Wildman–Crippen LogP) is 1.77. The number of nitrogens with zero attached hydrogens (tertiary/aromatic N) is 1. The van der Waals surface area contributed by atoms with Crippen LogP contribution >= 0.6 is 0 Å². The molecule has 0 aliphatic carbocycles. The lowest BCUT2D eigenvalue weighted by Gasteiger charge is -2.18. The van der Waals surface area contributed by atoms with Gasteiger partial charge in [0.1, 0.15) is 0 Å². The number of hydrogen-bond acceptors (Lipinski definition) is 4. The maximum Gasteiger partial charge on any atom is 0.337 e. The largest absolute Gasteiger partial charge is 0.481 e. The molecule has 0 heterocycles. The number of methoxy groups -OCH3 is 1. The molecular formula is C13H17NO4. The number of rotatable bonds is 6. The second-order valence-electron chi connectivity index (χ2n) is 3.96. The Balaban J connectivity index is 2.56. The molecule has 0 amide bonds. The van der Waals surface area contributed by atoms with Gasteiger partial charge in [-0.3, -0.25) is 4.79 Å². The first-order valence-corrected chi connectivity index (χ1v) is 5.66. The van der Waals surface area contributed by atoms with E-state index in [1.807, 2.05) is 24.1 Å². The summed E-state index contributed by atoms with van der Waals surface area (Å²) in [7, 11) is 3.23. The van der Waals surface area contributed by atoms with Gasteiger partial charge < -0.3 is 14.7 Å². The smallest absolute Gasteiger partial charge is 0.337 e. The van der Waals surface area contributed by atoms with Crippen molar-refractivity contribution in [2.45, 2.75) is 12.8 Å². The van der Waals surface area contributed by atoms with Gasteiger partial charge in [0.15, 0.2) is 0 Å². The lowest BCUT2D eigenvalue weighted by atomic mass is 10.2. The number of benzene rings is 1. The Bertz CT molecular complexity index is 414. The normalized spacial score (nSPS) is 9.89. The van der Waals surface area contributed by atoms with Crippen molar-refractivity contribution in [3.8, 4) is 0 Å². The topological polar surface area (TPSA) is 66.8 Å². The van der Waals surface area contributed by atoms with E-state index in [9.17, 15) is 9.59 Å².